The van der Waals surface area contributed by atoms with Gasteiger partial charge in [0.05, 0.1) is 18.9 Å². The van der Waals surface area contributed by atoms with Gasteiger partial charge in [-0.25, -0.2) is 0 Å². The lowest BCUT2D eigenvalue weighted by atomic mass is 10.1. The Morgan fingerprint density at radius 1 is 1.42 bits per heavy atom. The second-order valence-electron chi connectivity index (χ2n) is 4.42. The molecule has 0 aliphatic carbocycles. The summed E-state index contributed by atoms with van der Waals surface area (Å²) in [6.07, 6.45) is 0. The summed E-state index contributed by atoms with van der Waals surface area (Å²) in [5, 5.41) is 12.4. The molecule has 0 saturated heterocycles. The first-order valence-electron chi connectivity index (χ1n) is 6.45. The number of anilines is 1. The molecule has 0 aliphatic rings. The normalized spacial score (nSPS) is 12.5. The van der Waals surface area contributed by atoms with Gasteiger partial charge in [0.15, 0.2) is 0 Å². The van der Waals surface area contributed by atoms with Gasteiger partial charge in [-0.15, -0.1) is 0 Å². The van der Waals surface area contributed by atoms with E-state index >= 15 is 0 Å². The quantitative estimate of drug-likeness (QED) is 0.766. The van der Waals surface area contributed by atoms with Gasteiger partial charge in [-0.05, 0) is 47.6 Å². The van der Waals surface area contributed by atoms with E-state index in [0.29, 0.717) is 19.2 Å². The average Bonchev–Trinajstić information content (AvgIpc) is 2.42. The van der Waals surface area contributed by atoms with E-state index in [1.54, 1.807) is 7.11 Å². The summed E-state index contributed by atoms with van der Waals surface area (Å²) in [4.78, 5) is 2.11. The summed E-state index contributed by atoms with van der Waals surface area (Å²) in [7, 11) is 3.63. The molecule has 0 aromatic heterocycles. The number of methoxy groups -OCH3 is 1. The van der Waals surface area contributed by atoms with E-state index in [9.17, 15) is 0 Å². The maximum Gasteiger partial charge on any atom is 0.0637 e. The molecule has 5 heteroatoms. The van der Waals surface area contributed by atoms with E-state index in [0.717, 1.165) is 16.7 Å². The molecule has 0 fully saturated rings. The van der Waals surface area contributed by atoms with Gasteiger partial charge in [0, 0.05) is 30.7 Å². The number of benzene rings is 1. The molecule has 4 nitrogen and oxygen atoms in total. The van der Waals surface area contributed by atoms with Crippen LogP contribution in [0.4, 0.5) is 5.69 Å². The van der Waals surface area contributed by atoms with Gasteiger partial charge >= 0.3 is 0 Å². The molecule has 108 valence electrons. The highest BCUT2D eigenvalue weighted by molar-refractivity contribution is 9.10. The van der Waals surface area contributed by atoms with E-state index in [4.69, 9.17) is 9.84 Å². The SMILES string of the molecule is CNC(C)c1ccc(N(CCO)CCOC)c(Br)c1. The molecule has 2 N–H and O–H groups in total. The maximum absolute atomic E-state index is 9.16. The van der Waals surface area contributed by atoms with Crippen LogP contribution in [0.25, 0.3) is 0 Å². The molecule has 1 aromatic carbocycles. The monoisotopic (exact) mass is 330 g/mol. The van der Waals surface area contributed by atoms with Crippen LogP contribution in [0.3, 0.4) is 0 Å². The Kier molecular flexibility index (Phi) is 7.38. The van der Waals surface area contributed by atoms with Crippen LogP contribution >= 0.6 is 15.9 Å². The lowest BCUT2D eigenvalue weighted by Crippen LogP contribution is -2.30. The second-order valence-corrected chi connectivity index (χ2v) is 5.28. The van der Waals surface area contributed by atoms with Crippen molar-refractivity contribution in [3.8, 4) is 0 Å². The van der Waals surface area contributed by atoms with Crippen LogP contribution < -0.4 is 10.2 Å². The Morgan fingerprint density at radius 2 is 2.16 bits per heavy atom. The van der Waals surface area contributed by atoms with Gasteiger partial charge in [0.25, 0.3) is 0 Å². The zero-order valence-electron chi connectivity index (χ0n) is 11.8. The Hall–Kier alpha value is -0.620. The van der Waals surface area contributed by atoms with Gasteiger partial charge < -0.3 is 20.1 Å². The fourth-order valence-corrected chi connectivity index (χ4v) is 2.54. The number of halogens is 1. The molecule has 0 saturated carbocycles. The van der Waals surface area contributed by atoms with Gasteiger partial charge in [-0.3, -0.25) is 0 Å². The molecule has 1 rings (SSSR count). The summed E-state index contributed by atoms with van der Waals surface area (Å²) in [5.41, 5.74) is 2.31. The molecule has 0 amide bonds. The third kappa shape index (κ3) is 4.76. The van der Waals surface area contributed by atoms with Crippen molar-refractivity contribution in [1.82, 2.24) is 5.32 Å². The zero-order chi connectivity index (χ0) is 14.3. The van der Waals surface area contributed by atoms with Crippen LogP contribution in [0.1, 0.15) is 18.5 Å². The van der Waals surface area contributed by atoms with Gasteiger partial charge in [0.2, 0.25) is 0 Å². The largest absolute Gasteiger partial charge is 0.395 e. The number of nitrogens with zero attached hydrogens (tertiary/aromatic N) is 1. The number of nitrogens with one attached hydrogen (secondary N) is 1. The molecular formula is C14H23BrN2O2. The van der Waals surface area contributed by atoms with E-state index in [1.807, 2.05) is 7.05 Å². The van der Waals surface area contributed by atoms with E-state index < -0.39 is 0 Å². The topological polar surface area (TPSA) is 44.7 Å². The highest BCUT2D eigenvalue weighted by Crippen LogP contribution is 2.29. The van der Waals surface area contributed by atoms with Crippen molar-refractivity contribution in [2.75, 3.05) is 45.4 Å². The summed E-state index contributed by atoms with van der Waals surface area (Å²) < 4.78 is 6.15. The van der Waals surface area contributed by atoms with Crippen molar-refractivity contribution < 1.29 is 9.84 Å². The van der Waals surface area contributed by atoms with Crippen molar-refractivity contribution in [2.24, 2.45) is 0 Å². The van der Waals surface area contributed by atoms with Gasteiger partial charge in [-0.1, -0.05) is 6.07 Å². The first kappa shape index (κ1) is 16.4. The van der Waals surface area contributed by atoms with Gasteiger partial charge in [0.1, 0.15) is 0 Å². The Bertz CT molecular complexity index is 388. The summed E-state index contributed by atoms with van der Waals surface area (Å²) in [5.74, 6) is 0. The van der Waals surface area contributed by atoms with E-state index in [2.05, 4.69) is 51.3 Å². The molecular weight excluding hydrogens is 308 g/mol. The molecule has 0 aliphatic heterocycles. The van der Waals surface area contributed by atoms with E-state index in [-0.39, 0.29) is 6.61 Å². The molecule has 1 aromatic rings. The Balaban J connectivity index is 2.90. The van der Waals surface area contributed by atoms with Crippen LogP contribution in [-0.4, -0.2) is 45.6 Å². The molecule has 1 atom stereocenters. The first-order chi connectivity index (χ1) is 9.13. The molecule has 19 heavy (non-hydrogen) atoms. The zero-order valence-corrected chi connectivity index (χ0v) is 13.4. The van der Waals surface area contributed by atoms with Crippen molar-refractivity contribution in [3.05, 3.63) is 28.2 Å². The van der Waals surface area contributed by atoms with Crippen LogP contribution in [0.2, 0.25) is 0 Å². The van der Waals surface area contributed by atoms with Crippen molar-refractivity contribution >= 4 is 21.6 Å². The molecule has 1 unspecified atom stereocenters. The summed E-state index contributed by atoms with van der Waals surface area (Å²) in [6, 6.07) is 6.63. The van der Waals surface area contributed by atoms with E-state index in [1.165, 1.54) is 5.56 Å². The third-order valence-electron chi connectivity index (χ3n) is 3.18. The minimum Gasteiger partial charge on any atom is -0.395 e. The summed E-state index contributed by atoms with van der Waals surface area (Å²) >= 11 is 3.62. The third-order valence-corrected chi connectivity index (χ3v) is 3.82. The number of ether oxygens (including phenoxy) is 1. The predicted octanol–water partition coefficient (Wildman–Crippen LogP) is 2.17. The standard InChI is InChI=1S/C14H23BrN2O2/c1-11(16-2)12-4-5-14(13(15)10-12)17(6-8-18)7-9-19-3/h4-5,10-11,16,18H,6-9H2,1-3H3. The minimum absolute atomic E-state index is 0.130. The van der Waals surface area contributed by atoms with Crippen LogP contribution in [-0.2, 0) is 4.74 Å². The highest BCUT2D eigenvalue weighted by Gasteiger charge is 2.11. The smallest absolute Gasteiger partial charge is 0.0637 e. The van der Waals surface area contributed by atoms with Crippen molar-refractivity contribution in [2.45, 2.75) is 13.0 Å². The lowest BCUT2D eigenvalue weighted by molar-refractivity contribution is 0.203. The number of hydrogen-bond acceptors (Lipinski definition) is 4. The van der Waals surface area contributed by atoms with Crippen molar-refractivity contribution in [1.29, 1.82) is 0 Å². The predicted molar refractivity (Wildman–Crippen MR) is 82.8 cm³/mol. The number of rotatable bonds is 8. The second kappa shape index (κ2) is 8.53. The molecule has 0 bridgehead atoms. The number of aliphatic hydroxyl groups excluding tert-OH is 1. The fourth-order valence-electron chi connectivity index (χ4n) is 1.89. The highest BCUT2D eigenvalue weighted by atomic mass is 79.9. The fraction of sp³-hybridized carbons (Fsp3) is 0.571. The van der Waals surface area contributed by atoms with Crippen LogP contribution in [0, 0.1) is 0 Å². The number of aliphatic hydroxyl groups is 1. The molecule has 0 heterocycles. The maximum atomic E-state index is 9.16. The number of hydrogen-bond donors (Lipinski definition) is 2. The van der Waals surface area contributed by atoms with Crippen LogP contribution in [0.15, 0.2) is 22.7 Å². The first-order valence-corrected chi connectivity index (χ1v) is 7.24. The van der Waals surface area contributed by atoms with Crippen LogP contribution in [0.5, 0.6) is 0 Å². The average molecular weight is 331 g/mol. The Morgan fingerprint density at radius 3 is 2.68 bits per heavy atom. The molecule has 0 radical (unpaired) electrons. The minimum atomic E-state index is 0.130. The van der Waals surface area contributed by atoms with Crippen molar-refractivity contribution in [3.63, 3.8) is 0 Å². The Labute approximate surface area is 123 Å². The summed E-state index contributed by atoms with van der Waals surface area (Å²) in [6.45, 7) is 4.25. The lowest BCUT2D eigenvalue weighted by Gasteiger charge is -2.25. The molecule has 0 spiro atoms. The van der Waals surface area contributed by atoms with Gasteiger partial charge in [-0.2, -0.15) is 0 Å².